The Morgan fingerprint density at radius 1 is 1.40 bits per heavy atom. The summed E-state index contributed by atoms with van der Waals surface area (Å²) in [4.78, 5) is 20.0. The largest absolute Gasteiger partial charge is 0.340 e. The first-order valence-corrected chi connectivity index (χ1v) is 4.62. The molecule has 0 aliphatic heterocycles. The van der Waals surface area contributed by atoms with Crippen LogP contribution < -0.4 is 0 Å². The van der Waals surface area contributed by atoms with Crippen LogP contribution in [0.1, 0.15) is 21.7 Å². The smallest absolute Gasteiger partial charge is 0.213 e. The zero-order valence-electron chi connectivity index (χ0n) is 8.64. The van der Waals surface area contributed by atoms with Gasteiger partial charge in [-0.05, 0) is 19.1 Å². The van der Waals surface area contributed by atoms with Crippen LogP contribution in [0.4, 0.5) is 0 Å². The third-order valence-electron chi connectivity index (χ3n) is 2.10. The minimum atomic E-state index is -0.0684. The summed E-state index contributed by atoms with van der Waals surface area (Å²) in [5.74, 6) is -0.0684. The number of imidazole rings is 1. The van der Waals surface area contributed by atoms with E-state index in [4.69, 9.17) is 0 Å². The van der Waals surface area contributed by atoms with Gasteiger partial charge in [-0.2, -0.15) is 0 Å². The van der Waals surface area contributed by atoms with Crippen LogP contribution in [-0.2, 0) is 7.05 Å². The topological polar surface area (TPSA) is 47.8 Å². The van der Waals surface area contributed by atoms with Gasteiger partial charge in [0.15, 0.2) is 0 Å². The fourth-order valence-corrected chi connectivity index (χ4v) is 1.36. The quantitative estimate of drug-likeness (QED) is 0.689. The van der Waals surface area contributed by atoms with Crippen molar-refractivity contribution in [1.29, 1.82) is 0 Å². The van der Waals surface area contributed by atoms with E-state index in [0.717, 1.165) is 5.69 Å². The summed E-state index contributed by atoms with van der Waals surface area (Å²) in [6.07, 6.45) is 4.95. The van der Waals surface area contributed by atoms with Crippen molar-refractivity contribution in [1.82, 2.24) is 14.5 Å². The normalized spacial score (nSPS) is 10.3. The highest BCUT2D eigenvalue weighted by atomic mass is 16.1. The van der Waals surface area contributed by atoms with Gasteiger partial charge in [0.2, 0.25) is 5.78 Å². The predicted molar refractivity (Wildman–Crippen MR) is 55.6 cm³/mol. The van der Waals surface area contributed by atoms with Gasteiger partial charge in [0.05, 0.1) is 6.33 Å². The second-order valence-electron chi connectivity index (χ2n) is 3.44. The number of aryl methyl sites for hydroxylation is 2. The predicted octanol–water partition coefficient (Wildman–Crippen LogP) is 1.35. The lowest BCUT2D eigenvalue weighted by molar-refractivity contribution is 0.103. The SMILES string of the molecule is Cc1cc(C(=O)c2cn(C)cn2)ccn1. The maximum absolute atomic E-state index is 11.9. The standard InChI is InChI=1S/C11H11N3O/c1-8-5-9(3-4-12-8)11(15)10-6-14(2)7-13-10/h3-7H,1-2H3. The molecule has 2 aromatic rings. The highest BCUT2D eigenvalue weighted by Gasteiger charge is 2.11. The molecular formula is C11H11N3O. The van der Waals surface area contributed by atoms with Crippen molar-refractivity contribution >= 4 is 5.78 Å². The van der Waals surface area contributed by atoms with E-state index in [2.05, 4.69) is 9.97 Å². The molecule has 2 aromatic heterocycles. The number of ketones is 1. The number of hydrogen-bond acceptors (Lipinski definition) is 3. The van der Waals surface area contributed by atoms with Crippen molar-refractivity contribution in [2.75, 3.05) is 0 Å². The lowest BCUT2D eigenvalue weighted by atomic mass is 10.1. The van der Waals surface area contributed by atoms with Crippen LogP contribution in [0.15, 0.2) is 30.9 Å². The van der Waals surface area contributed by atoms with Gasteiger partial charge in [0.25, 0.3) is 0 Å². The number of carbonyl (C=O) groups excluding carboxylic acids is 1. The molecule has 0 amide bonds. The van der Waals surface area contributed by atoms with Gasteiger partial charge in [-0.3, -0.25) is 9.78 Å². The van der Waals surface area contributed by atoms with Crippen molar-refractivity contribution in [3.05, 3.63) is 47.8 Å². The van der Waals surface area contributed by atoms with Crippen molar-refractivity contribution in [2.24, 2.45) is 7.05 Å². The van der Waals surface area contributed by atoms with Crippen molar-refractivity contribution < 1.29 is 4.79 Å². The summed E-state index contributed by atoms with van der Waals surface area (Å²) in [6.45, 7) is 1.86. The third kappa shape index (κ3) is 1.93. The van der Waals surface area contributed by atoms with Crippen molar-refractivity contribution in [3.63, 3.8) is 0 Å². The number of pyridine rings is 1. The number of nitrogens with zero attached hydrogens (tertiary/aromatic N) is 3. The molecule has 0 bridgehead atoms. The molecule has 0 unspecified atom stereocenters. The molecule has 4 heteroatoms. The molecule has 76 valence electrons. The highest BCUT2D eigenvalue weighted by Crippen LogP contribution is 2.07. The summed E-state index contributed by atoms with van der Waals surface area (Å²) in [5, 5.41) is 0. The Balaban J connectivity index is 2.36. The van der Waals surface area contributed by atoms with Crippen molar-refractivity contribution in [2.45, 2.75) is 6.92 Å². The van der Waals surface area contributed by atoms with Crippen LogP contribution >= 0.6 is 0 Å². The Labute approximate surface area is 87.6 Å². The summed E-state index contributed by atoms with van der Waals surface area (Å²) in [5.41, 5.74) is 1.92. The summed E-state index contributed by atoms with van der Waals surface area (Å²) in [7, 11) is 1.83. The molecule has 0 N–H and O–H groups in total. The molecule has 0 radical (unpaired) electrons. The van der Waals surface area contributed by atoms with E-state index in [-0.39, 0.29) is 5.78 Å². The second-order valence-corrected chi connectivity index (χ2v) is 3.44. The lowest BCUT2D eigenvalue weighted by Crippen LogP contribution is -2.02. The van der Waals surface area contributed by atoms with Crippen LogP contribution in [0.25, 0.3) is 0 Å². The maximum Gasteiger partial charge on any atom is 0.213 e. The van der Waals surface area contributed by atoms with Gasteiger partial charge < -0.3 is 4.57 Å². The first kappa shape index (κ1) is 9.58. The van der Waals surface area contributed by atoms with E-state index in [1.54, 1.807) is 35.4 Å². The molecule has 0 atom stereocenters. The Morgan fingerprint density at radius 3 is 2.80 bits per heavy atom. The molecule has 0 aliphatic rings. The first-order chi connectivity index (χ1) is 7.16. The van der Waals surface area contributed by atoms with Gasteiger partial charge in [0.1, 0.15) is 5.69 Å². The number of hydrogen-bond donors (Lipinski definition) is 0. The molecule has 2 heterocycles. The molecule has 0 fully saturated rings. The third-order valence-corrected chi connectivity index (χ3v) is 2.10. The summed E-state index contributed by atoms with van der Waals surface area (Å²) < 4.78 is 1.75. The van der Waals surface area contributed by atoms with E-state index in [1.165, 1.54) is 0 Å². The van der Waals surface area contributed by atoms with E-state index in [0.29, 0.717) is 11.3 Å². The minimum Gasteiger partial charge on any atom is -0.340 e. The highest BCUT2D eigenvalue weighted by molar-refractivity contribution is 6.07. The van der Waals surface area contributed by atoms with E-state index >= 15 is 0 Å². The van der Waals surface area contributed by atoms with Crippen LogP contribution in [0.2, 0.25) is 0 Å². The van der Waals surface area contributed by atoms with Gasteiger partial charge in [-0.1, -0.05) is 0 Å². The Morgan fingerprint density at radius 2 is 2.20 bits per heavy atom. The molecule has 0 aliphatic carbocycles. The first-order valence-electron chi connectivity index (χ1n) is 4.62. The van der Waals surface area contributed by atoms with Crippen LogP contribution in [-0.4, -0.2) is 20.3 Å². The molecular weight excluding hydrogens is 190 g/mol. The zero-order valence-corrected chi connectivity index (χ0v) is 8.64. The molecule has 0 saturated carbocycles. The van der Waals surface area contributed by atoms with E-state index < -0.39 is 0 Å². The Bertz CT molecular complexity index is 502. The van der Waals surface area contributed by atoms with Gasteiger partial charge in [0, 0.05) is 30.7 Å². The van der Waals surface area contributed by atoms with E-state index in [1.807, 2.05) is 14.0 Å². The van der Waals surface area contributed by atoms with Gasteiger partial charge >= 0.3 is 0 Å². The molecule has 2 rings (SSSR count). The van der Waals surface area contributed by atoms with Crippen LogP contribution in [0.3, 0.4) is 0 Å². The fraction of sp³-hybridized carbons (Fsp3) is 0.182. The molecule has 0 aromatic carbocycles. The summed E-state index contributed by atoms with van der Waals surface area (Å²) >= 11 is 0. The molecule has 15 heavy (non-hydrogen) atoms. The summed E-state index contributed by atoms with van der Waals surface area (Å²) in [6, 6.07) is 3.46. The molecule has 0 spiro atoms. The van der Waals surface area contributed by atoms with Gasteiger partial charge in [-0.15, -0.1) is 0 Å². The average Bonchev–Trinajstić information content (AvgIpc) is 2.64. The van der Waals surface area contributed by atoms with Gasteiger partial charge in [-0.25, -0.2) is 4.98 Å². The Hall–Kier alpha value is -1.97. The van der Waals surface area contributed by atoms with Crippen LogP contribution in [0, 0.1) is 6.92 Å². The van der Waals surface area contributed by atoms with E-state index in [9.17, 15) is 4.79 Å². The Kier molecular flexibility index (Phi) is 2.33. The number of aromatic nitrogens is 3. The maximum atomic E-state index is 11.9. The number of rotatable bonds is 2. The molecule has 0 saturated heterocycles. The van der Waals surface area contributed by atoms with Crippen molar-refractivity contribution in [3.8, 4) is 0 Å². The molecule has 4 nitrogen and oxygen atoms in total. The number of carbonyl (C=O) groups is 1. The second kappa shape index (κ2) is 3.65. The zero-order chi connectivity index (χ0) is 10.8. The van der Waals surface area contributed by atoms with Crippen LogP contribution in [0.5, 0.6) is 0 Å². The minimum absolute atomic E-state index is 0.0684. The lowest BCUT2D eigenvalue weighted by Gasteiger charge is -1.97. The average molecular weight is 201 g/mol. The monoisotopic (exact) mass is 201 g/mol. The fourth-order valence-electron chi connectivity index (χ4n) is 1.36.